The SMILES string of the molecule is [B]C(C)(S)Cc1nc(NC2CCN(C3CCC3)CC2F)nn2cc(F)c(-c3ccc4nnn(CC(F)(F)F)c4c3)c12. The molecule has 2 aliphatic rings. The maximum atomic E-state index is 15.6. The van der Waals surface area contributed by atoms with Crippen LogP contribution in [0.25, 0.3) is 27.7 Å². The van der Waals surface area contributed by atoms with Gasteiger partial charge in [0.15, 0.2) is 5.82 Å². The Kier molecular flexibility index (Phi) is 7.16. The number of nitrogens with one attached hydrogen (secondary N) is 1. The van der Waals surface area contributed by atoms with Crippen LogP contribution in [0.5, 0.6) is 0 Å². The molecule has 1 N–H and O–H groups in total. The summed E-state index contributed by atoms with van der Waals surface area (Å²) in [5, 5.41) is 14.9. The van der Waals surface area contributed by atoms with E-state index < -0.39 is 35.4 Å². The molecule has 1 saturated carbocycles. The average molecular weight is 590 g/mol. The summed E-state index contributed by atoms with van der Waals surface area (Å²) in [6.45, 7) is 1.43. The summed E-state index contributed by atoms with van der Waals surface area (Å²) in [5.41, 5.74) is 1.34. The van der Waals surface area contributed by atoms with Crippen LogP contribution in [0, 0.1) is 5.82 Å². The molecule has 1 aromatic carbocycles. The Labute approximate surface area is 239 Å². The van der Waals surface area contributed by atoms with Gasteiger partial charge >= 0.3 is 6.18 Å². The number of benzene rings is 1. The Hall–Kier alpha value is -2.94. The topological polar surface area (TPSA) is 76.2 Å². The highest BCUT2D eigenvalue weighted by Crippen LogP contribution is 2.35. The van der Waals surface area contributed by atoms with Crippen LogP contribution in [0.4, 0.5) is 27.9 Å². The minimum atomic E-state index is -4.51. The standard InChI is InChI=1S/C26H28BF5N8S/c1-25(27,41)10-20-23-22(14-5-6-19-21(9-14)40(37-35-19)13-26(30,31)32)17(29)12-39(23)36-24(34-20)33-18-7-8-38(11-16(18)28)15-3-2-4-15/h5-6,9,12,15-16,18,41H,2-4,7-8,10-11,13H2,1H3,(H,33,36). The van der Waals surface area contributed by atoms with Crippen molar-refractivity contribution in [3.63, 3.8) is 0 Å². The molecule has 41 heavy (non-hydrogen) atoms. The van der Waals surface area contributed by atoms with Gasteiger partial charge in [-0.2, -0.15) is 25.8 Å². The Balaban J connectivity index is 1.37. The number of anilines is 1. The lowest BCUT2D eigenvalue weighted by Crippen LogP contribution is -2.53. The normalized spacial score (nSPS) is 22.2. The molecule has 3 unspecified atom stereocenters. The van der Waals surface area contributed by atoms with E-state index in [-0.39, 0.29) is 34.5 Å². The fourth-order valence-electron chi connectivity index (χ4n) is 5.67. The van der Waals surface area contributed by atoms with E-state index in [1.165, 1.54) is 23.1 Å². The zero-order chi connectivity index (χ0) is 29.1. The number of piperidine rings is 1. The summed E-state index contributed by atoms with van der Waals surface area (Å²) in [4.78, 5) is 6.81. The van der Waals surface area contributed by atoms with E-state index in [0.717, 1.165) is 30.3 Å². The largest absolute Gasteiger partial charge is 0.408 e. The Morgan fingerprint density at radius 1 is 1.20 bits per heavy atom. The second-order valence-electron chi connectivity index (χ2n) is 11.3. The van der Waals surface area contributed by atoms with Gasteiger partial charge in [0.25, 0.3) is 0 Å². The van der Waals surface area contributed by atoms with E-state index in [4.69, 9.17) is 7.85 Å². The summed E-state index contributed by atoms with van der Waals surface area (Å²) < 4.78 is 71.0. The first kappa shape index (κ1) is 28.2. The first-order valence-corrected chi connectivity index (χ1v) is 13.9. The zero-order valence-corrected chi connectivity index (χ0v) is 23.1. The molecule has 1 aliphatic carbocycles. The smallest absolute Gasteiger partial charge is 0.347 e. The number of thiol groups is 1. The lowest BCUT2D eigenvalue weighted by molar-refractivity contribution is -0.142. The van der Waals surface area contributed by atoms with Gasteiger partial charge in [0.2, 0.25) is 5.95 Å². The highest BCUT2D eigenvalue weighted by atomic mass is 32.1. The van der Waals surface area contributed by atoms with Crippen molar-refractivity contribution in [1.82, 2.24) is 34.5 Å². The molecule has 2 fully saturated rings. The van der Waals surface area contributed by atoms with E-state index in [2.05, 4.69) is 43.2 Å². The number of alkyl halides is 4. The van der Waals surface area contributed by atoms with Crippen molar-refractivity contribution < 1.29 is 22.0 Å². The van der Waals surface area contributed by atoms with Crippen molar-refractivity contribution in [2.45, 2.75) is 74.7 Å². The maximum Gasteiger partial charge on any atom is 0.408 e. The van der Waals surface area contributed by atoms with Crippen molar-refractivity contribution in [2.24, 2.45) is 0 Å². The van der Waals surface area contributed by atoms with Gasteiger partial charge in [0, 0.05) is 24.7 Å². The van der Waals surface area contributed by atoms with Gasteiger partial charge in [-0.1, -0.05) is 24.6 Å². The van der Waals surface area contributed by atoms with Gasteiger partial charge in [0.1, 0.15) is 18.2 Å². The molecule has 0 bridgehead atoms. The Morgan fingerprint density at radius 2 is 1.98 bits per heavy atom. The minimum absolute atomic E-state index is 0.0861. The number of fused-ring (bicyclic) bond motifs is 2. The quantitative estimate of drug-likeness (QED) is 0.187. The lowest BCUT2D eigenvalue weighted by atomic mass is 9.83. The first-order chi connectivity index (χ1) is 19.3. The molecule has 4 heterocycles. The molecule has 1 saturated heterocycles. The number of halogens is 5. The predicted octanol–water partition coefficient (Wildman–Crippen LogP) is 4.58. The van der Waals surface area contributed by atoms with Crippen molar-refractivity contribution in [3.8, 4) is 11.1 Å². The van der Waals surface area contributed by atoms with Gasteiger partial charge < -0.3 is 5.32 Å². The van der Waals surface area contributed by atoms with Gasteiger partial charge in [-0.15, -0.1) is 10.2 Å². The summed E-state index contributed by atoms with van der Waals surface area (Å²) in [7, 11) is 6.20. The number of hydrogen-bond donors (Lipinski definition) is 2. The molecule has 1 aliphatic heterocycles. The van der Waals surface area contributed by atoms with Crippen LogP contribution >= 0.6 is 12.6 Å². The maximum absolute atomic E-state index is 15.6. The average Bonchev–Trinajstić information content (AvgIpc) is 3.37. The molecular weight excluding hydrogens is 562 g/mol. The van der Waals surface area contributed by atoms with Crippen molar-refractivity contribution in [1.29, 1.82) is 0 Å². The molecule has 0 amide bonds. The van der Waals surface area contributed by atoms with Crippen LogP contribution in [0.2, 0.25) is 0 Å². The summed E-state index contributed by atoms with van der Waals surface area (Å²) in [5.74, 6) is -0.541. The number of aromatic nitrogens is 6. The molecule has 0 spiro atoms. The molecular formula is C26H28BF5N8S. The van der Waals surface area contributed by atoms with Crippen LogP contribution in [0.3, 0.4) is 0 Å². The number of rotatable bonds is 7. The molecule has 3 atom stereocenters. The summed E-state index contributed by atoms with van der Waals surface area (Å²) in [6.07, 6.45) is -0.428. The van der Waals surface area contributed by atoms with Crippen LogP contribution in [-0.2, 0) is 13.0 Å². The minimum Gasteiger partial charge on any atom is -0.347 e. The van der Waals surface area contributed by atoms with E-state index in [1.54, 1.807) is 13.0 Å². The predicted molar refractivity (Wildman–Crippen MR) is 149 cm³/mol. The van der Waals surface area contributed by atoms with Gasteiger partial charge in [-0.3, -0.25) is 4.90 Å². The molecule has 6 rings (SSSR count). The molecule has 4 aromatic rings. The monoisotopic (exact) mass is 590 g/mol. The van der Waals surface area contributed by atoms with Gasteiger partial charge in [-0.05, 0) is 48.0 Å². The van der Waals surface area contributed by atoms with Crippen molar-refractivity contribution in [3.05, 3.63) is 35.9 Å². The molecule has 3 aromatic heterocycles. The van der Waals surface area contributed by atoms with Crippen LogP contribution in [-0.4, -0.2) is 84.5 Å². The zero-order valence-electron chi connectivity index (χ0n) is 22.2. The molecule has 216 valence electrons. The fourth-order valence-corrected chi connectivity index (χ4v) is 5.82. The third-order valence-electron chi connectivity index (χ3n) is 7.79. The number of likely N-dealkylation sites (tertiary alicyclic amines) is 1. The molecule has 2 radical (unpaired) electrons. The summed E-state index contributed by atoms with van der Waals surface area (Å²) >= 11 is 4.44. The van der Waals surface area contributed by atoms with Crippen molar-refractivity contribution in [2.75, 3.05) is 18.4 Å². The lowest BCUT2D eigenvalue weighted by Gasteiger charge is -2.43. The number of hydrogen-bond acceptors (Lipinski definition) is 7. The van der Waals surface area contributed by atoms with E-state index in [9.17, 15) is 13.2 Å². The third-order valence-corrected chi connectivity index (χ3v) is 7.95. The van der Waals surface area contributed by atoms with Crippen molar-refractivity contribution >= 4 is 43.0 Å². The van der Waals surface area contributed by atoms with Gasteiger partial charge in [0.05, 0.1) is 36.8 Å². The Morgan fingerprint density at radius 3 is 2.63 bits per heavy atom. The van der Waals surface area contributed by atoms with Gasteiger partial charge in [-0.25, -0.2) is 23.0 Å². The third kappa shape index (κ3) is 5.88. The highest BCUT2D eigenvalue weighted by Gasteiger charge is 2.35. The van der Waals surface area contributed by atoms with Crippen LogP contribution in [0.1, 0.15) is 38.3 Å². The van der Waals surface area contributed by atoms with E-state index >= 15 is 8.78 Å². The summed E-state index contributed by atoms with van der Waals surface area (Å²) in [6, 6.07) is 4.37. The van der Waals surface area contributed by atoms with Crippen LogP contribution < -0.4 is 5.32 Å². The van der Waals surface area contributed by atoms with E-state index in [0.29, 0.717) is 30.3 Å². The molecule has 8 nitrogen and oxygen atoms in total. The highest BCUT2D eigenvalue weighted by molar-refractivity contribution is 7.83. The number of nitrogens with zero attached hydrogens (tertiary/aromatic N) is 7. The second-order valence-corrected chi connectivity index (χ2v) is 12.3. The first-order valence-electron chi connectivity index (χ1n) is 13.5. The second kappa shape index (κ2) is 10.4. The molecule has 15 heteroatoms. The van der Waals surface area contributed by atoms with Crippen LogP contribution in [0.15, 0.2) is 24.4 Å². The Bertz CT molecular complexity index is 1580. The van der Waals surface area contributed by atoms with E-state index in [1.807, 2.05) is 0 Å². The fraction of sp³-hybridized carbons (Fsp3) is 0.538.